The highest BCUT2D eigenvalue weighted by Crippen LogP contribution is 2.21. The van der Waals surface area contributed by atoms with Gasteiger partial charge in [-0.25, -0.2) is 4.79 Å². The van der Waals surface area contributed by atoms with Crippen LogP contribution in [-0.4, -0.2) is 25.1 Å². The van der Waals surface area contributed by atoms with Crippen LogP contribution in [0.1, 0.15) is 22.8 Å². The first-order chi connectivity index (χ1) is 11.4. The average Bonchev–Trinajstić information content (AvgIpc) is 2.57. The van der Waals surface area contributed by atoms with Crippen molar-refractivity contribution in [2.45, 2.75) is 20.0 Å². The van der Waals surface area contributed by atoms with Gasteiger partial charge < -0.3 is 14.8 Å². The van der Waals surface area contributed by atoms with Crippen molar-refractivity contribution in [1.29, 1.82) is 0 Å². The minimum atomic E-state index is -0.716. The second-order valence-corrected chi connectivity index (χ2v) is 5.66. The number of esters is 1. The zero-order valence-electron chi connectivity index (χ0n) is 13.6. The Hall–Kier alpha value is -2.53. The molecule has 2 aromatic rings. The average molecular weight is 348 g/mol. The summed E-state index contributed by atoms with van der Waals surface area (Å²) in [5.74, 6) is -0.227. The zero-order chi connectivity index (χ0) is 17.7. The molecule has 0 spiro atoms. The highest BCUT2D eigenvalue weighted by Gasteiger charge is 2.15. The first kappa shape index (κ1) is 17.8. The summed E-state index contributed by atoms with van der Waals surface area (Å²) < 4.78 is 10.0. The van der Waals surface area contributed by atoms with Crippen LogP contribution >= 0.6 is 11.6 Å². The number of benzene rings is 2. The lowest BCUT2D eigenvalue weighted by molar-refractivity contribution is -0.147. The molecule has 0 unspecified atom stereocenters. The summed E-state index contributed by atoms with van der Waals surface area (Å²) in [7, 11) is 1.30. The van der Waals surface area contributed by atoms with Gasteiger partial charge in [0.2, 0.25) is 0 Å². The van der Waals surface area contributed by atoms with Gasteiger partial charge in [0.15, 0.2) is 6.10 Å². The van der Waals surface area contributed by atoms with Crippen molar-refractivity contribution in [2.75, 3.05) is 12.4 Å². The van der Waals surface area contributed by atoms with Gasteiger partial charge in [-0.3, -0.25) is 4.79 Å². The van der Waals surface area contributed by atoms with E-state index in [1.165, 1.54) is 7.11 Å². The van der Waals surface area contributed by atoms with Crippen LogP contribution in [0.5, 0.6) is 5.75 Å². The number of methoxy groups -OCH3 is 1. The number of carbonyl (C=O) groups excluding carboxylic acids is 2. The molecule has 0 radical (unpaired) electrons. The Morgan fingerprint density at radius 3 is 2.38 bits per heavy atom. The number of amides is 1. The third kappa shape index (κ3) is 4.49. The lowest BCUT2D eigenvalue weighted by atomic mass is 10.1. The number of carbonyl (C=O) groups is 2. The number of hydrogen-bond donors (Lipinski definition) is 1. The van der Waals surface area contributed by atoms with E-state index in [0.29, 0.717) is 22.0 Å². The molecule has 24 heavy (non-hydrogen) atoms. The molecule has 1 amide bonds. The highest BCUT2D eigenvalue weighted by molar-refractivity contribution is 6.30. The van der Waals surface area contributed by atoms with Crippen LogP contribution < -0.4 is 10.1 Å². The SMILES string of the molecule is COC(=O)[C@@H](C)Oc1ccc(C(=O)Nc2ccc(Cl)cc2C)cc1. The fourth-order valence-electron chi connectivity index (χ4n) is 2.06. The number of nitrogens with one attached hydrogen (secondary N) is 1. The van der Waals surface area contributed by atoms with Crippen LogP contribution in [-0.2, 0) is 9.53 Å². The number of halogens is 1. The molecule has 6 heteroatoms. The lowest BCUT2D eigenvalue weighted by Crippen LogP contribution is -2.24. The Morgan fingerprint density at radius 1 is 1.12 bits per heavy atom. The fraction of sp³-hybridized carbons (Fsp3) is 0.222. The molecule has 0 bridgehead atoms. The lowest BCUT2D eigenvalue weighted by Gasteiger charge is -2.13. The van der Waals surface area contributed by atoms with Crippen LogP contribution in [0.4, 0.5) is 5.69 Å². The van der Waals surface area contributed by atoms with Gasteiger partial charge in [0.25, 0.3) is 5.91 Å². The predicted molar refractivity (Wildman–Crippen MR) is 92.7 cm³/mol. The van der Waals surface area contributed by atoms with Gasteiger partial charge in [-0.2, -0.15) is 0 Å². The minimum Gasteiger partial charge on any atom is -0.479 e. The summed E-state index contributed by atoms with van der Waals surface area (Å²) >= 11 is 5.90. The molecule has 0 aliphatic carbocycles. The number of rotatable bonds is 5. The molecular weight excluding hydrogens is 330 g/mol. The van der Waals surface area contributed by atoms with Crippen molar-refractivity contribution in [3.05, 3.63) is 58.6 Å². The standard InChI is InChI=1S/C18H18ClNO4/c1-11-10-14(19)6-9-16(11)20-17(21)13-4-7-15(8-5-13)24-12(2)18(22)23-3/h4-10,12H,1-3H3,(H,20,21)/t12-/m1/s1. The maximum Gasteiger partial charge on any atom is 0.346 e. The van der Waals surface area contributed by atoms with Crippen LogP contribution in [0, 0.1) is 6.92 Å². The second-order valence-electron chi connectivity index (χ2n) is 5.22. The maximum absolute atomic E-state index is 12.3. The highest BCUT2D eigenvalue weighted by atomic mass is 35.5. The smallest absolute Gasteiger partial charge is 0.346 e. The van der Waals surface area contributed by atoms with E-state index in [1.807, 2.05) is 6.92 Å². The van der Waals surface area contributed by atoms with Gasteiger partial charge in [-0.1, -0.05) is 11.6 Å². The van der Waals surface area contributed by atoms with Crippen LogP contribution in [0.3, 0.4) is 0 Å². The van der Waals surface area contributed by atoms with Gasteiger partial charge in [0.05, 0.1) is 7.11 Å². The molecule has 1 N–H and O–H groups in total. The van der Waals surface area contributed by atoms with Crippen LogP contribution in [0.15, 0.2) is 42.5 Å². The third-order valence-electron chi connectivity index (χ3n) is 3.40. The Bertz CT molecular complexity index is 743. The van der Waals surface area contributed by atoms with Gasteiger partial charge >= 0.3 is 5.97 Å². The minimum absolute atomic E-state index is 0.243. The van der Waals surface area contributed by atoms with E-state index < -0.39 is 12.1 Å². The zero-order valence-corrected chi connectivity index (χ0v) is 14.4. The van der Waals surface area contributed by atoms with E-state index in [9.17, 15) is 9.59 Å². The monoisotopic (exact) mass is 347 g/mol. The molecule has 0 saturated heterocycles. The Morgan fingerprint density at radius 2 is 1.79 bits per heavy atom. The largest absolute Gasteiger partial charge is 0.479 e. The third-order valence-corrected chi connectivity index (χ3v) is 3.63. The van der Waals surface area contributed by atoms with Gasteiger partial charge in [-0.15, -0.1) is 0 Å². The number of aryl methyl sites for hydroxylation is 1. The molecule has 5 nitrogen and oxygen atoms in total. The van der Waals surface area contributed by atoms with Crippen molar-refractivity contribution in [2.24, 2.45) is 0 Å². The first-order valence-corrected chi connectivity index (χ1v) is 7.70. The number of ether oxygens (including phenoxy) is 2. The van der Waals surface area contributed by atoms with Crippen molar-refractivity contribution in [1.82, 2.24) is 0 Å². The maximum atomic E-state index is 12.3. The molecule has 126 valence electrons. The Balaban J connectivity index is 2.04. The normalized spacial score (nSPS) is 11.5. The van der Waals surface area contributed by atoms with Crippen LogP contribution in [0.25, 0.3) is 0 Å². The molecule has 0 aromatic heterocycles. The van der Waals surface area contributed by atoms with Crippen molar-refractivity contribution in [3.63, 3.8) is 0 Å². The molecule has 0 aliphatic rings. The summed E-state index contributed by atoms with van der Waals surface area (Å²) in [5.41, 5.74) is 2.05. The number of hydrogen-bond acceptors (Lipinski definition) is 4. The number of anilines is 1. The van der Waals surface area contributed by atoms with Crippen molar-refractivity contribution < 1.29 is 19.1 Å². The van der Waals surface area contributed by atoms with Gasteiger partial charge in [0.1, 0.15) is 5.75 Å². The van der Waals surface area contributed by atoms with Gasteiger partial charge in [0, 0.05) is 16.3 Å². The predicted octanol–water partition coefficient (Wildman–Crippen LogP) is 3.84. The molecule has 0 fully saturated rings. The molecule has 0 heterocycles. The van der Waals surface area contributed by atoms with E-state index in [4.69, 9.17) is 16.3 Å². The van der Waals surface area contributed by atoms with E-state index in [2.05, 4.69) is 10.1 Å². The van der Waals surface area contributed by atoms with E-state index >= 15 is 0 Å². The molecule has 1 atom stereocenters. The van der Waals surface area contributed by atoms with E-state index in [0.717, 1.165) is 5.56 Å². The topological polar surface area (TPSA) is 64.6 Å². The fourth-order valence-corrected chi connectivity index (χ4v) is 2.29. The van der Waals surface area contributed by atoms with E-state index in [-0.39, 0.29) is 5.91 Å². The molecule has 0 aliphatic heterocycles. The second kappa shape index (κ2) is 7.84. The Kier molecular flexibility index (Phi) is 5.82. The van der Waals surface area contributed by atoms with Gasteiger partial charge in [-0.05, 0) is 61.9 Å². The first-order valence-electron chi connectivity index (χ1n) is 7.32. The summed E-state index contributed by atoms with van der Waals surface area (Å²) in [6, 6.07) is 11.8. The summed E-state index contributed by atoms with van der Waals surface area (Å²) in [5, 5.41) is 3.45. The van der Waals surface area contributed by atoms with Crippen LogP contribution in [0.2, 0.25) is 5.02 Å². The van der Waals surface area contributed by atoms with Crippen molar-refractivity contribution in [3.8, 4) is 5.75 Å². The molecule has 0 saturated carbocycles. The Labute approximate surface area is 145 Å². The summed E-state index contributed by atoms with van der Waals surface area (Å²) in [6.45, 7) is 3.46. The quantitative estimate of drug-likeness (QED) is 0.834. The summed E-state index contributed by atoms with van der Waals surface area (Å²) in [4.78, 5) is 23.6. The van der Waals surface area contributed by atoms with E-state index in [1.54, 1.807) is 49.4 Å². The summed E-state index contributed by atoms with van der Waals surface area (Å²) in [6.07, 6.45) is -0.716. The molecular formula is C18H18ClNO4. The molecule has 2 aromatic carbocycles. The van der Waals surface area contributed by atoms with Crippen molar-refractivity contribution >= 4 is 29.2 Å². The molecule has 2 rings (SSSR count).